The number of rotatable bonds is 3. The van der Waals surface area contributed by atoms with Gasteiger partial charge < -0.3 is 15.7 Å². The lowest BCUT2D eigenvalue weighted by Crippen LogP contribution is -2.36. The van der Waals surface area contributed by atoms with E-state index in [2.05, 4.69) is 15.7 Å². The van der Waals surface area contributed by atoms with Crippen LogP contribution in [0.15, 0.2) is 66.0 Å². The molecule has 1 aliphatic carbocycles. The summed E-state index contributed by atoms with van der Waals surface area (Å²) < 4.78 is 14.9. The van der Waals surface area contributed by atoms with Crippen molar-refractivity contribution in [3.8, 4) is 5.75 Å². The summed E-state index contributed by atoms with van der Waals surface area (Å²) in [5.41, 5.74) is 2.73. The van der Waals surface area contributed by atoms with Gasteiger partial charge >= 0.3 is 0 Å². The molecule has 0 fully saturated rings. The fraction of sp³-hybridized carbons (Fsp3) is 0.240. The summed E-state index contributed by atoms with van der Waals surface area (Å²) in [7, 11) is 0. The van der Waals surface area contributed by atoms with Gasteiger partial charge in [0.1, 0.15) is 29.0 Å². The van der Waals surface area contributed by atoms with Crippen LogP contribution in [0.5, 0.6) is 5.75 Å². The molecule has 33 heavy (non-hydrogen) atoms. The van der Waals surface area contributed by atoms with E-state index in [1.54, 1.807) is 28.9 Å². The van der Waals surface area contributed by atoms with Crippen molar-refractivity contribution in [1.29, 1.82) is 0 Å². The van der Waals surface area contributed by atoms with Crippen molar-refractivity contribution in [3.63, 3.8) is 0 Å². The maximum Gasteiger partial charge on any atom is 0.261 e. The number of Topliss-reactive ketones (excluding diaryl/α,β-unsaturated/α-hetero) is 1. The molecule has 1 aliphatic heterocycles. The lowest BCUT2D eigenvalue weighted by atomic mass is 9.73. The quantitative estimate of drug-likeness (QED) is 0.545. The minimum Gasteiger partial charge on any atom is -0.508 e. The number of hydrogen-bond acceptors (Lipinski definition) is 5. The van der Waals surface area contributed by atoms with E-state index in [0.717, 1.165) is 11.3 Å². The van der Waals surface area contributed by atoms with Gasteiger partial charge in [0.05, 0.1) is 6.20 Å². The van der Waals surface area contributed by atoms with Gasteiger partial charge in [0.25, 0.3) is 5.91 Å². The van der Waals surface area contributed by atoms with E-state index in [-0.39, 0.29) is 16.9 Å². The summed E-state index contributed by atoms with van der Waals surface area (Å²) in [5, 5.41) is 20.3. The number of carbonyl (C=O) groups excluding carboxylic acids is 2. The number of benzene rings is 2. The molecule has 0 bridgehead atoms. The molecule has 0 saturated heterocycles. The third-order valence-corrected chi connectivity index (χ3v) is 6.06. The molecule has 5 rings (SSSR count). The first kappa shape index (κ1) is 20.9. The number of hydrogen-bond donors (Lipinski definition) is 3. The van der Waals surface area contributed by atoms with Crippen LogP contribution in [0, 0.1) is 11.2 Å². The SMILES string of the molecule is CC1(C)CC(=O)C2=C(C1)Nc1c(C(=O)Nc3ccc(F)cc3)cnn1[C@@H]2c1ccc(O)cc1. The van der Waals surface area contributed by atoms with Crippen LogP contribution >= 0.6 is 0 Å². The van der Waals surface area contributed by atoms with Crippen molar-refractivity contribution in [2.24, 2.45) is 5.41 Å². The van der Waals surface area contributed by atoms with Crippen LogP contribution in [0.2, 0.25) is 0 Å². The van der Waals surface area contributed by atoms with E-state index in [1.165, 1.54) is 30.5 Å². The van der Waals surface area contributed by atoms with Gasteiger partial charge in [-0.15, -0.1) is 0 Å². The van der Waals surface area contributed by atoms with E-state index in [1.807, 2.05) is 13.8 Å². The number of nitrogens with zero attached hydrogens (tertiary/aromatic N) is 2. The molecule has 3 N–H and O–H groups in total. The Bertz CT molecular complexity index is 1290. The van der Waals surface area contributed by atoms with Crippen LogP contribution < -0.4 is 10.6 Å². The second-order valence-electron chi connectivity index (χ2n) is 9.26. The number of phenolic OH excluding ortho intramolecular Hbond substituents is 1. The maximum absolute atomic E-state index is 13.2. The van der Waals surface area contributed by atoms with Crippen LogP contribution in [0.3, 0.4) is 0 Å². The minimum atomic E-state index is -0.521. The molecular formula is C25H23FN4O3. The van der Waals surface area contributed by atoms with E-state index >= 15 is 0 Å². The highest BCUT2D eigenvalue weighted by Gasteiger charge is 2.42. The number of nitrogens with one attached hydrogen (secondary N) is 2. The van der Waals surface area contributed by atoms with Crippen molar-refractivity contribution < 1.29 is 19.1 Å². The van der Waals surface area contributed by atoms with E-state index in [4.69, 9.17) is 0 Å². The molecule has 3 aromatic rings. The smallest absolute Gasteiger partial charge is 0.261 e. The minimum absolute atomic E-state index is 0.0327. The van der Waals surface area contributed by atoms with Gasteiger partial charge in [-0.05, 0) is 53.8 Å². The van der Waals surface area contributed by atoms with Gasteiger partial charge in [-0.2, -0.15) is 5.10 Å². The van der Waals surface area contributed by atoms with Crippen molar-refractivity contribution in [1.82, 2.24) is 9.78 Å². The first-order chi connectivity index (χ1) is 15.7. The molecule has 8 heteroatoms. The van der Waals surface area contributed by atoms with Gasteiger partial charge in [-0.3, -0.25) is 9.59 Å². The second-order valence-corrected chi connectivity index (χ2v) is 9.26. The highest BCUT2D eigenvalue weighted by molar-refractivity contribution is 6.08. The molecule has 1 amide bonds. The zero-order chi connectivity index (χ0) is 23.3. The topological polar surface area (TPSA) is 96.3 Å². The van der Waals surface area contributed by atoms with Crippen molar-refractivity contribution in [2.75, 3.05) is 10.6 Å². The number of anilines is 2. The zero-order valence-electron chi connectivity index (χ0n) is 18.2. The fourth-order valence-corrected chi connectivity index (χ4v) is 4.57. The van der Waals surface area contributed by atoms with E-state index < -0.39 is 17.8 Å². The van der Waals surface area contributed by atoms with Gasteiger partial charge in [0.2, 0.25) is 0 Å². The second kappa shape index (κ2) is 7.58. The van der Waals surface area contributed by atoms with Crippen molar-refractivity contribution in [3.05, 3.63) is 82.9 Å². The number of aromatic hydroxyl groups is 1. The Morgan fingerprint density at radius 2 is 1.85 bits per heavy atom. The van der Waals surface area contributed by atoms with Crippen LogP contribution in [-0.2, 0) is 4.79 Å². The lowest BCUT2D eigenvalue weighted by molar-refractivity contribution is -0.118. The molecule has 0 saturated carbocycles. The highest BCUT2D eigenvalue weighted by atomic mass is 19.1. The number of allylic oxidation sites excluding steroid dienone is 2. The molecule has 2 aromatic carbocycles. The number of amides is 1. The Morgan fingerprint density at radius 1 is 1.15 bits per heavy atom. The van der Waals surface area contributed by atoms with Gasteiger partial charge in [0, 0.05) is 23.4 Å². The molecule has 168 valence electrons. The van der Waals surface area contributed by atoms with Crippen LogP contribution in [0.4, 0.5) is 15.9 Å². The van der Waals surface area contributed by atoms with Crippen LogP contribution in [-0.4, -0.2) is 26.6 Å². The number of ketones is 1. The van der Waals surface area contributed by atoms with Crippen molar-refractivity contribution >= 4 is 23.2 Å². The first-order valence-electron chi connectivity index (χ1n) is 10.7. The molecule has 1 atom stereocenters. The summed E-state index contributed by atoms with van der Waals surface area (Å²) in [6, 6.07) is 11.6. The molecule has 1 aromatic heterocycles. The predicted octanol–water partition coefficient (Wildman–Crippen LogP) is 4.64. The lowest BCUT2D eigenvalue weighted by Gasteiger charge is -2.39. The van der Waals surface area contributed by atoms with Gasteiger partial charge in [0.15, 0.2) is 5.78 Å². The summed E-state index contributed by atoms with van der Waals surface area (Å²) in [4.78, 5) is 26.3. The van der Waals surface area contributed by atoms with Gasteiger partial charge in [-0.1, -0.05) is 26.0 Å². The number of phenols is 1. The zero-order valence-corrected chi connectivity index (χ0v) is 18.2. The Morgan fingerprint density at radius 3 is 2.55 bits per heavy atom. The fourth-order valence-electron chi connectivity index (χ4n) is 4.57. The molecule has 2 heterocycles. The molecule has 7 nitrogen and oxygen atoms in total. The number of fused-ring (bicyclic) bond motifs is 1. The Balaban J connectivity index is 1.58. The summed E-state index contributed by atoms with van der Waals surface area (Å²) in [6.45, 7) is 4.08. The van der Waals surface area contributed by atoms with Gasteiger partial charge in [-0.25, -0.2) is 9.07 Å². The van der Waals surface area contributed by atoms with Crippen LogP contribution in [0.1, 0.15) is 48.7 Å². The summed E-state index contributed by atoms with van der Waals surface area (Å²) in [5.74, 6) is -0.149. The van der Waals surface area contributed by atoms with Crippen LogP contribution in [0.25, 0.3) is 0 Å². The summed E-state index contributed by atoms with van der Waals surface area (Å²) >= 11 is 0. The molecule has 0 spiro atoms. The average molecular weight is 446 g/mol. The van der Waals surface area contributed by atoms with E-state index in [0.29, 0.717) is 35.5 Å². The standard InChI is InChI=1S/C25H23FN4O3/c1-25(2)11-19-21(20(32)12-25)22(14-3-9-17(31)10-4-14)30-23(29-19)18(13-27-30)24(33)28-16-7-5-15(26)6-8-16/h3-10,13,22,29,31H,11-12H2,1-2H3,(H,28,33)/t22-/m1/s1. The largest absolute Gasteiger partial charge is 0.508 e. The first-order valence-corrected chi connectivity index (χ1v) is 10.7. The van der Waals surface area contributed by atoms with Crippen molar-refractivity contribution in [2.45, 2.75) is 32.7 Å². The Hall–Kier alpha value is -3.94. The highest BCUT2D eigenvalue weighted by Crippen LogP contribution is 2.46. The Labute approximate surface area is 189 Å². The molecule has 0 unspecified atom stereocenters. The third-order valence-electron chi connectivity index (χ3n) is 6.06. The molecule has 0 radical (unpaired) electrons. The number of carbonyl (C=O) groups is 2. The number of aromatic nitrogens is 2. The monoisotopic (exact) mass is 446 g/mol. The Kier molecular flexibility index (Phi) is 4.81. The molecular weight excluding hydrogens is 423 g/mol. The summed E-state index contributed by atoms with van der Waals surface area (Å²) in [6.07, 6.45) is 2.52. The number of halogens is 1. The normalized spacial score (nSPS) is 18.9. The van der Waals surface area contributed by atoms with E-state index in [9.17, 15) is 19.1 Å². The third kappa shape index (κ3) is 3.77. The maximum atomic E-state index is 13.2. The molecule has 2 aliphatic rings. The average Bonchev–Trinajstić information content (AvgIpc) is 3.17. The predicted molar refractivity (Wildman–Crippen MR) is 121 cm³/mol.